The molecule has 2 aliphatic rings. The Balaban J connectivity index is 1.63. The topological polar surface area (TPSA) is 130 Å². The average molecular weight is 383 g/mol. The minimum atomic E-state index is -0.654. The second-order valence-electron chi connectivity index (χ2n) is 7.61. The van der Waals surface area contributed by atoms with Crippen LogP contribution in [0.2, 0.25) is 0 Å². The van der Waals surface area contributed by atoms with Crippen molar-refractivity contribution in [3.8, 4) is 0 Å². The highest BCUT2D eigenvalue weighted by Gasteiger charge is 2.46. The smallest absolute Gasteiger partial charge is 0.407 e. The number of ether oxygens (including phenoxy) is 2. The van der Waals surface area contributed by atoms with Gasteiger partial charge in [-0.25, -0.2) is 14.7 Å². The maximum Gasteiger partial charge on any atom is 0.407 e. The summed E-state index contributed by atoms with van der Waals surface area (Å²) in [6.45, 7) is 5.82. The van der Waals surface area contributed by atoms with Gasteiger partial charge in [-0.05, 0) is 33.6 Å². The fraction of sp³-hybridized carbons (Fsp3) is 0.750. The molecule has 150 valence electrons. The van der Waals surface area contributed by atoms with Gasteiger partial charge in [-0.2, -0.15) is 0 Å². The summed E-state index contributed by atoms with van der Waals surface area (Å²) in [5.74, 6) is 0.476. The minimum Gasteiger partial charge on any atom is -0.444 e. The second-order valence-corrected chi connectivity index (χ2v) is 7.61. The van der Waals surface area contributed by atoms with Gasteiger partial charge in [0.2, 0.25) is 11.8 Å². The molecule has 0 aliphatic carbocycles. The van der Waals surface area contributed by atoms with Crippen LogP contribution in [0, 0.1) is 0 Å². The molecule has 2 aliphatic heterocycles. The van der Waals surface area contributed by atoms with Crippen molar-refractivity contribution in [2.75, 3.05) is 20.2 Å². The van der Waals surface area contributed by atoms with Gasteiger partial charge in [0.15, 0.2) is 6.10 Å². The van der Waals surface area contributed by atoms with Gasteiger partial charge in [0.25, 0.3) is 0 Å². The van der Waals surface area contributed by atoms with Crippen molar-refractivity contribution < 1.29 is 28.7 Å². The quantitative estimate of drug-likeness (QED) is 0.734. The maximum atomic E-state index is 12.1. The first-order valence-corrected chi connectivity index (χ1v) is 8.81. The Kier molecular flexibility index (Phi) is 5.24. The van der Waals surface area contributed by atoms with E-state index >= 15 is 0 Å². The number of nitrogens with one attached hydrogen (secondary N) is 1. The van der Waals surface area contributed by atoms with Crippen LogP contribution < -0.4 is 5.32 Å². The van der Waals surface area contributed by atoms with Crippen molar-refractivity contribution in [1.82, 2.24) is 25.5 Å². The normalized spacial score (nSPS) is 23.5. The monoisotopic (exact) mass is 383 g/mol. The molecule has 2 fully saturated rings. The van der Waals surface area contributed by atoms with Gasteiger partial charge < -0.3 is 24.1 Å². The first kappa shape index (κ1) is 19.4. The maximum absolute atomic E-state index is 12.1. The van der Waals surface area contributed by atoms with Crippen molar-refractivity contribution in [1.29, 1.82) is 0 Å². The van der Waals surface area contributed by atoms with Crippen molar-refractivity contribution in [2.45, 2.75) is 57.4 Å². The molecule has 2 bridgehead atoms. The molecule has 3 unspecified atom stereocenters. The Hall–Kier alpha value is -2.40. The van der Waals surface area contributed by atoms with E-state index in [1.54, 1.807) is 20.8 Å². The van der Waals surface area contributed by atoms with Gasteiger partial charge in [-0.3, -0.25) is 5.21 Å². The summed E-state index contributed by atoms with van der Waals surface area (Å²) in [5.41, 5.74) is -0.605. The number of hydrogen-bond donors (Lipinski definition) is 2. The highest BCUT2D eigenvalue weighted by molar-refractivity contribution is 5.76. The predicted molar refractivity (Wildman–Crippen MR) is 89.8 cm³/mol. The molecule has 3 rings (SSSR count). The first-order chi connectivity index (χ1) is 12.7. The molecule has 2 N–H and O–H groups in total. The van der Waals surface area contributed by atoms with E-state index in [1.807, 2.05) is 0 Å². The molecule has 3 heterocycles. The van der Waals surface area contributed by atoms with Crippen LogP contribution in [0.1, 0.15) is 57.5 Å². The molecule has 2 saturated heterocycles. The number of alkyl carbamates (subject to hydrolysis) is 1. The molecule has 0 saturated carbocycles. The van der Waals surface area contributed by atoms with Gasteiger partial charge >= 0.3 is 12.1 Å². The summed E-state index contributed by atoms with van der Waals surface area (Å²) in [7, 11) is 1.46. The molecule has 0 spiro atoms. The number of fused-ring (bicyclic) bond motifs is 2. The molecular formula is C16H25N5O6. The van der Waals surface area contributed by atoms with E-state index in [0.717, 1.165) is 5.06 Å². The lowest BCUT2D eigenvalue weighted by molar-refractivity contribution is -0.0584. The van der Waals surface area contributed by atoms with Gasteiger partial charge in [-0.15, -0.1) is 10.2 Å². The number of piperidine rings is 1. The number of amides is 3. The van der Waals surface area contributed by atoms with Crippen LogP contribution in [0.4, 0.5) is 9.59 Å². The minimum absolute atomic E-state index is 0.0901. The summed E-state index contributed by atoms with van der Waals surface area (Å²) in [4.78, 5) is 25.4. The Morgan fingerprint density at radius 2 is 2.15 bits per heavy atom. The van der Waals surface area contributed by atoms with Crippen LogP contribution in [0.5, 0.6) is 0 Å². The fourth-order valence-electron chi connectivity index (χ4n) is 3.18. The molecule has 3 atom stereocenters. The van der Waals surface area contributed by atoms with E-state index in [9.17, 15) is 14.8 Å². The molecule has 1 aromatic rings. The third kappa shape index (κ3) is 4.14. The molecule has 11 heteroatoms. The molecule has 0 aromatic carbocycles. The summed E-state index contributed by atoms with van der Waals surface area (Å²) < 4.78 is 16.2. The van der Waals surface area contributed by atoms with Gasteiger partial charge in [0, 0.05) is 13.7 Å². The van der Waals surface area contributed by atoms with E-state index in [1.165, 1.54) is 12.0 Å². The number of carbonyl (C=O) groups excluding carboxylic acids is 2. The molecule has 3 amide bonds. The van der Waals surface area contributed by atoms with Crippen LogP contribution >= 0.6 is 0 Å². The number of hydrogen-bond acceptors (Lipinski definition) is 8. The van der Waals surface area contributed by atoms with Gasteiger partial charge in [0.1, 0.15) is 11.6 Å². The predicted octanol–water partition coefficient (Wildman–Crippen LogP) is 1.61. The van der Waals surface area contributed by atoms with Crippen molar-refractivity contribution in [2.24, 2.45) is 0 Å². The van der Waals surface area contributed by atoms with E-state index in [2.05, 4.69) is 15.5 Å². The largest absolute Gasteiger partial charge is 0.444 e. The Bertz CT molecular complexity index is 702. The Labute approximate surface area is 156 Å². The van der Waals surface area contributed by atoms with Crippen LogP contribution in [-0.4, -0.2) is 69.3 Å². The SMILES string of the molecule is COC(CNC(=O)OC(C)(C)C)c1nnc(C2CCC3CN2C(=O)N3O)o1. The molecule has 11 nitrogen and oxygen atoms in total. The van der Waals surface area contributed by atoms with Crippen molar-refractivity contribution >= 4 is 12.1 Å². The number of aromatic nitrogens is 2. The molecule has 1 aromatic heterocycles. The van der Waals surface area contributed by atoms with Crippen LogP contribution in [0.15, 0.2) is 4.42 Å². The number of nitrogens with zero attached hydrogens (tertiary/aromatic N) is 4. The summed E-state index contributed by atoms with van der Waals surface area (Å²) >= 11 is 0. The van der Waals surface area contributed by atoms with Gasteiger partial charge in [0.05, 0.1) is 12.6 Å². The first-order valence-electron chi connectivity index (χ1n) is 8.81. The second kappa shape index (κ2) is 7.31. The highest BCUT2D eigenvalue weighted by atomic mass is 16.6. The number of urea groups is 1. The van der Waals surface area contributed by atoms with E-state index in [4.69, 9.17) is 13.9 Å². The third-order valence-electron chi connectivity index (χ3n) is 4.48. The van der Waals surface area contributed by atoms with Crippen LogP contribution in [0.3, 0.4) is 0 Å². The standard InChI is InChI=1S/C16H25N5O6/c1-16(2,3)27-14(22)17-7-11(25-4)13-19-18-12(26-13)10-6-5-9-8-20(10)15(23)21(9)24/h9-11,24H,5-8H2,1-4H3,(H,17,22). The number of carbonyl (C=O) groups is 2. The zero-order valence-corrected chi connectivity index (χ0v) is 15.8. The number of methoxy groups -OCH3 is 1. The third-order valence-corrected chi connectivity index (χ3v) is 4.48. The van der Waals surface area contributed by atoms with Crippen LogP contribution in [0.25, 0.3) is 0 Å². The zero-order chi connectivity index (χ0) is 19.8. The van der Waals surface area contributed by atoms with E-state index in [-0.39, 0.29) is 30.4 Å². The lowest BCUT2D eigenvalue weighted by atomic mass is 10.0. The Morgan fingerprint density at radius 3 is 2.81 bits per heavy atom. The average Bonchev–Trinajstić information content (AvgIpc) is 3.15. The molecule has 0 radical (unpaired) electrons. The number of hydroxylamine groups is 2. The Morgan fingerprint density at radius 1 is 1.41 bits per heavy atom. The summed E-state index contributed by atoms with van der Waals surface area (Å²) in [5, 5.41) is 21.2. The zero-order valence-electron chi connectivity index (χ0n) is 15.8. The molecular weight excluding hydrogens is 358 g/mol. The van der Waals surface area contributed by atoms with Crippen molar-refractivity contribution in [3.05, 3.63) is 11.8 Å². The van der Waals surface area contributed by atoms with Crippen LogP contribution in [-0.2, 0) is 9.47 Å². The summed E-state index contributed by atoms with van der Waals surface area (Å²) in [6.07, 6.45) is 0.0322. The lowest BCUT2D eigenvalue weighted by Crippen LogP contribution is -2.35. The van der Waals surface area contributed by atoms with E-state index < -0.39 is 23.8 Å². The fourth-order valence-corrected chi connectivity index (χ4v) is 3.18. The molecule has 27 heavy (non-hydrogen) atoms. The van der Waals surface area contributed by atoms with E-state index in [0.29, 0.717) is 19.4 Å². The summed E-state index contributed by atoms with van der Waals surface area (Å²) in [6, 6.07) is -1.04. The van der Waals surface area contributed by atoms with Gasteiger partial charge in [-0.1, -0.05) is 0 Å². The lowest BCUT2D eigenvalue weighted by Gasteiger charge is -2.27. The van der Waals surface area contributed by atoms with Crippen molar-refractivity contribution in [3.63, 3.8) is 0 Å². The highest BCUT2D eigenvalue weighted by Crippen LogP contribution is 2.37. The number of rotatable bonds is 5.